The first kappa shape index (κ1) is 25.7. The van der Waals surface area contributed by atoms with Crippen molar-refractivity contribution in [1.82, 2.24) is 15.1 Å². The SMILES string of the molecule is CCNC(=NCc1cccc(OCC(=O)N(C)C)c1)N(C)Cc1cccc(F)c1.I. The van der Waals surface area contributed by atoms with Crippen molar-refractivity contribution in [2.75, 3.05) is 34.3 Å². The Balaban J connectivity index is 0.00000450. The van der Waals surface area contributed by atoms with Gasteiger partial charge in [-0.2, -0.15) is 0 Å². The fourth-order valence-electron chi connectivity index (χ4n) is 2.63. The average molecular weight is 528 g/mol. The standard InChI is InChI=1S/C22H29FN4O2.HI/c1-5-24-22(27(4)15-18-9-6-10-19(23)12-18)25-14-17-8-7-11-20(13-17)29-16-21(28)26(2)3;/h6-13H,5,14-16H2,1-4H3,(H,24,25);1H. The average Bonchev–Trinajstić information content (AvgIpc) is 2.69. The van der Waals surface area contributed by atoms with Crippen molar-refractivity contribution in [2.24, 2.45) is 4.99 Å². The van der Waals surface area contributed by atoms with Crippen LogP contribution in [-0.4, -0.2) is 56.0 Å². The summed E-state index contributed by atoms with van der Waals surface area (Å²) in [6.07, 6.45) is 0. The second-order valence-electron chi connectivity index (χ2n) is 6.88. The van der Waals surface area contributed by atoms with E-state index < -0.39 is 0 Å². The number of amides is 1. The lowest BCUT2D eigenvalue weighted by atomic mass is 10.2. The molecule has 0 aliphatic heterocycles. The number of aliphatic imine (C=N–C) groups is 1. The smallest absolute Gasteiger partial charge is 0.259 e. The highest BCUT2D eigenvalue weighted by atomic mass is 127. The number of hydrogen-bond donors (Lipinski definition) is 1. The van der Waals surface area contributed by atoms with E-state index in [1.54, 1.807) is 20.2 Å². The highest BCUT2D eigenvalue weighted by molar-refractivity contribution is 14.0. The van der Waals surface area contributed by atoms with E-state index in [4.69, 9.17) is 4.74 Å². The molecule has 0 unspecified atom stereocenters. The monoisotopic (exact) mass is 528 g/mol. The van der Waals surface area contributed by atoms with E-state index in [9.17, 15) is 9.18 Å². The van der Waals surface area contributed by atoms with E-state index in [-0.39, 0.29) is 42.3 Å². The van der Waals surface area contributed by atoms with Gasteiger partial charge in [0.1, 0.15) is 11.6 Å². The molecule has 0 spiro atoms. The summed E-state index contributed by atoms with van der Waals surface area (Å²) in [6, 6.07) is 14.1. The topological polar surface area (TPSA) is 57.2 Å². The number of carbonyl (C=O) groups is 1. The molecule has 1 amide bonds. The van der Waals surface area contributed by atoms with Gasteiger partial charge in [-0.3, -0.25) is 4.79 Å². The summed E-state index contributed by atoms with van der Waals surface area (Å²) in [7, 11) is 5.30. The van der Waals surface area contributed by atoms with Gasteiger partial charge in [-0.05, 0) is 42.3 Å². The second kappa shape index (κ2) is 13.0. The van der Waals surface area contributed by atoms with Gasteiger partial charge < -0.3 is 19.9 Å². The van der Waals surface area contributed by atoms with Crippen LogP contribution in [0.5, 0.6) is 5.75 Å². The van der Waals surface area contributed by atoms with Crippen LogP contribution in [0.4, 0.5) is 4.39 Å². The molecule has 8 heteroatoms. The van der Waals surface area contributed by atoms with Gasteiger partial charge in [0.2, 0.25) is 0 Å². The minimum Gasteiger partial charge on any atom is -0.484 e. The molecular weight excluding hydrogens is 498 g/mol. The highest BCUT2D eigenvalue weighted by Crippen LogP contribution is 2.14. The van der Waals surface area contributed by atoms with E-state index in [1.807, 2.05) is 49.2 Å². The number of likely N-dealkylation sites (N-methyl/N-ethyl adjacent to an activating group) is 1. The Morgan fingerprint density at radius 2 is 1.80 bits per heavy atom. The van der Waals surface area contributed by atoms with E-state index in [2.05, 4.69) is 10.3 Å². The molecule has 2 rings (SSSR count). The number of rotatable bonds is 8. The summed E-state index contributed by atoms with van der Waals surface area (Å²) in [5.74, 6) is 1.01. The third kappa shape index (κ3) is 8.56. The van der Waals surface area contributed by atoms with Gasteiger partial charge in [-0.25, -0.2) is 9.38 Å². The number of carbonyl (C=O) groups excluding carboxylic acids is 1. The number of nitrogens with zero attached hydrogens (tertiary/aromatic N) is 3. The largest absolute Gasteiger partial charge is 0.484 e. The van der Waals surface area contributed by atoms with Gasteiger partial charge in [0.15, 0.2) is 12.6 Å². The Morgan fingerprint density at radius 3 is 2.47 bits per heavy atom. The van der Waals surface area contributed by atoms with Crippen LogP contribution in [0.25, 0.3) is 0 Å². The zero-order valence-electron chi connectivity index (χ0n) is 17.9. The lowest BCUT2D eigenvalue weighted by Gasteiger charge is -2.22. The molecule has 0 saturated carbocycles. The fourth-order valence-corrected chi connectivity index (χ4v) is 2.63. The van der Waals surface area contributed by atoms with Gasteiger partial charge in [-0.1, -0.05) is 24.3 Å². The summed E-state index contributed by atoms with van der Waals surface area (Å²) in [6.45, 7) is 3.72. The van der Waals surface area contributed by atoms with Crippen molar-refractivity contribution in [3.05, 3.63) is 65.5 Å². The molecule has 0 aromatic heterocycles. The van der Waals surface area contributed by atoms with Gasteiger partial charge in [0.05, 0.1) is 6.54 Å². The number of benzene rings is 2. The molecule has 2 aromatic rings. The summed E-state index contributed by atoms with van der Waals surface area (Å²) in [5, 5.41) is 3.26. The van der Waals surface area contributed by atoms with E-state index in [0.717, 1.165) is 23.6 Å². The summed E-state index contributed by atoms with van der Waals surface area (Å²) >= 11 is 0. The number of guanidine groups is 1. The molecule has 1 N–H and O–H groups in total. The number of ether oxygens (including phenoxy) is 1. The normalized spacial score (nSPS) is 10.8. The molecule has 30 heavy (non-hydrogen) atoms. The zero-order valence-corrected chi connectivity index (χ0v) is 20.2. The Morgan fingerprint density at radius 1 is 1.10 bits per heavy atom. The number of hydrogen-bond acceptors (Lipinski definition) is 3. The summed E-state index contributed by atoms with van der Waals surface area (Å²) in [5.41, 5.74) is 1.84. The Hall–Kier alpha value is -2.36. The lowest BCUT2D eigenvalue weighted by Crippen LogP contribution is -2.38. The molecule has 0 aliphatic rings. The number of nitrogens with one attached hydrogen (secondary N) is 1. The van der Waals surface area contributed by atoms with Crippen LogP contribution in [0.15, 0.2) is 53.5 Å². The Bertz CT molecular complexity index is 845. The van der Waals surface area contributed by atoms with Crippen molar-refractivity contribution in [3.63, 3.8) is 0 Å². The molecule has 6 nitrogen and oxygen atoms in total. The molecule has 0 radical (unpaired) electrons. The molecule has 0 saturated heterocycles. The predicted molar refractivity (Wildman–Crippen MR) is 129 cm³/mol. The van der Waals surface area contributed by atoms with Crippen LogP contribution >= 0.6 is 24.0 Å². The minimum atomic E-state index is -0.248. The van der Waals surface area contributed by atoms with Crippen LogP contribution in [-0.2, 0) is 17.9 Å². The molecule has 0 fully saturated rings. The van der Waals surface area contributed by atoms with Crippen LogP contribution < -0.4 is 10.1 Å². The summed E-state index contributed by atoms with van der Waals surface area (Å²) < 4.78 is 19.0. The molecule has 0 aliphatic carbocycles. The molecule has 0 atom stereocenters. The lowest BCUT2D eigenvalue weighted by molar-refractivity contribution is -0.130. The first-order chi connectivity index (χ1) is 13.9. The molecular formula is C22H30FIN4O2. The molecule has 164 valence electrons. The van der Waals surface area contributed by atoms with Gasteiger partial charge in [0, 0.05) is 34.2 Å². The minimum absolute atomic E-state index is 0. The second-order valence-corrected chi connectivity index (χ2v) is 6.88. The van der Waals surface area contributed by atoms with Gasteiger partial charge in [-0.15, -0.1) is 24.0 Å². The van der Waals surface area contributed by atoms with E-state index in [1.165, 1.54) is 17.0 Å². The van der Waals surface area contributed by atoms with E-state index >= 15 is 0 Å². The predicted octanol–water partition coefficient (Wildman–Crippen LogP) is 3.51. The maximum Gasteiger partial charge on any atom is 0.259 e. The van der Waals surface area contributed by atoms with E-state index in [0.29, 0.717) is 18.8 Å². The maximum atomic E-state index is 13.4. The van der Waals surface area contributed by atoms with Crippen LogP contribution in [0.1, 0.15) is 18.1 Å². The highest BCUT2D eigenvalue weighted by Gasteiger charge is 2.08. The van der Waals surface area contributed by atoms with Crippen LogP contribution in [0.2, 0.25) is 0 Å². The third-order valence-electron chi connectivity index (χ3n) is 4.18. The first-order valence-electron chi connectivity index (χ1n) is 9.54. The first-order valence-corrected chi connectivity index (χ1v) is 9.54. The van der Waals surface area contributed by atoms with Crippen molar-refractivity contribution in [2.45, 2.75) is 20.0 Å². The van der Waals surface area contributed by atoms with Crippen molar-refractivity contribution in [3.8, 4) is 5.75 Å². The van der Waals surface area contributed by atoms with Crippen molar-refractivity contribution >= 4 is 35.8 Å². The fraction of sp³-hybridized carbons (Fsp3) is 0.364. The quantitative estimate of drug-likeness (QED) is 0.324. The van der Waals surface area contributed by atoms with Crippen molar-refractivity contribution in [1.29, 1.82) is 0 Å². The van der Waals surface area contributed by atoms with Crippen LogP contribution in [0, 0.1) is 5.82 Å². The molecule has 2 aromatic carbocycles. The summed E-state index contributed by atoms with van der Waals surface area (Å²) in [4.78, 5) is 19.8. The number of halogens is 2. The van der Waals surface area contributed by atoms with Crippen LogP contribution in [0.3, 0.4) is 0 Å². The molecule has 0 bridgehead atoms. The van der Waals surface area contributed by atoms with Gasteiger partial charge >= 0.3 is 0 Å². The van der Waals surface area contributed by atoms with Crippen molar-refractivity contribution < 1.29 is 13.9 Å². The maximum absolute atomic E-state index is 13.4. The Labute approximate surface area is 195 Å². The molecule has 0 heterocycles. The zero-order chi connectivity index (χ0) is 21.2. The Kier molecular flexibility index (Phi) is 11.2. The third-order valence-corrected chi connectivity index (χ3v) is 4.18. The van der Waals surface area contributed by atoms with Gasteiger partial charge in [0.25, 0.3) is 5.91 Å².